The van der Waals surface area contributed by atoms with Crippen molar-refractivity contribution in [3.63, 3.8) is 0 Å². The fraction of sp³-hybridized carbons (Fsp3) is 0.294. The van der Waals surface area contributed by atoms with Crippen molar-refractivity contribution in [2.75, 3.05) is 0 Å². The Morgan fingerprint density at radius 1 is 0.705 bits per heavy atom. The standard InChI is InChI=1S/C34H28N2O8/c37-31-17-24(6-10-29(31)35(39)40)43-33-3-1-2-28-27(33)9-5-21(34(28)44-25-7-11-30(36(41)42)32(38)18-25)4-8-26-22-13-19-12-20(15-22)16-23(26)14-19/h1-3,5-7,9-11,17-20,22-23,26,37-38H,12-16H2. The van der Waals surface area contributed by atoms with Crippen LogP contribution in [0.5, 0.6) is 34.5 Å². The molecule has 10 heteroatoms. The van der Waals surface area contributed by atoms with E-state index >= 15 is 0 Å². The summed E-state index contributed by atoms with van der Waals surface area (Å²) in [6.45, 7) is 0. The summed E-state index contributed by atoms with van der Waals surface area (Å²) in [6.07, 6.45) is 6.34. The third-order valence-corrected chi connectivity index (χ3v) is 9.31. The lowest BCUT2D eigenvalue weighted by Gasteiger charge is -2.52. The predicted octanol–water partition coefficient (Wildman–Crippen LogP) is 8.08. The number of nitro benzene ring substituents is 2. The van der Waals surface area contributed by atoms with Gasteiger partial charge in [-0.1, -0.05) is 24.0 Å². The van der Waals surface area contributed by atoms with Crippen LogP contribution in [-0.2, 0) is 0 Å². The first kappa shape index (κ1) is 27.5. The Morgan fingerprint density at radius 2 is 1.30 bits per heavy atom. The van der Waals surface area contributed by atoms with E-state index in [0.29, 0.717) is 45.6 Å². The lowest BCUT2D eigenvalue weighted by Crippen LogP contribution is -2.44. The van der Waals surface area contributed by atoms with Crippen molar-refractivity contribution in [1.82, 2.24) is 0 Å². The van der Waals surface area contributed by atoms with Gasteiger partial charge < -0.3 is 19.7 Å². The van der Waals surface area contributed by atoms with Gasteiger partial charge in [0.1, 0.15) is 17.2 Å². The van der Waals surface area contributed by atoms with Crippen LogP contribution in [0.15, 0.2) is 66.7 Å². The molecule has 4 fully saturated rings. The van der Waals surface area contributed by atoms with Gasteiger partial charge in [-0.05, 0) is 86.1 Å². The van der Waals surface area contributed by atoms with Crippen LogP contribution in [-0.4, -0.2) is 20.1 Å². The third kappa shape index (κ3) is 5.00. The summed E-state index contributed by atoms with van der Waals surface area (Å²) in [5, 5.41) is 44.0. The highest BCUT2D eigenvalue weighted by molar-refractivity contribution is 5.95. The van der Waals surface area contributed by atoms with Crippen LogP contribution in [0.3, 0.4) is 0 Å². The van der Waals surface area contributed by atoms with Crippen LogP contribution in [0, 0.1) is 61.7 Å². The first-order valence-electron chi connectivity index (χ1n) is 14.6. The van der Waals surface area contributed by atoms with Gasteiger partial charge in [-0.15, -0.1) is 0 Å². The number of phenols is 2. The summed E-state index contributed by atoms with van der Waals surface area (Å²) >= 11 is 0. The van der Waals surface area contributed by atoms with Gasteiger partial charge in [0.25, 0.3) is 0 Å². The van der Waals surface area contributed by atoms with Crippen molar-refractivity contribution >= 4 is 22.1 Å². The fourth-order valence-electron chi connectivity index (χ4n) is 7.61. The minimum absolute atomic E-state index is 0.199. The van der Waals surface area contributed by atoms with E-state index in [1.165, 1.54) is 68.5 Å². The van der Waals surface area contributed by atoms with Gasteiger partial charge in [0, 0.05) is 41.0 Å². The Hall–Kier alpha value is -5.30. The monoisotopic (exact) mass is 592 g/mol. The minimum atomic E-state index is -0.678. The second kappa shape index (κ2) is 10.8. The minimum Gasteiger partial charge on any atom is -0.502 e. The molecule has 4 aliphatic carbocycles. The zero-order valence-electron chi connectivity index (χ0n) is 23.5. The molecule has 4 saturated carbocycles. The van der Waals surface area contributed by atoms with Crippen molar-refractivity contribution < 1.29 is 29.5 Å². The zero-order chi connectivity index (χ0) is 30.5. The average molecular weight is 593 g/mol. The molecule has 0 amide bonds. The summed E-state index contributed by atoms with van der Waals surface area (Å²) in [7, 11) is 0. The molecule has 10 nitrogen and oxygen atoms in total. The lowest BCUT2D eigenvalue weighted by atomic mass is 9.52. The Morgan fingerprint density at radius 3 is 1.86 bits per heavy atom. The number of nitrogens with zero attached hydrogens (tertiary/aromatic N) is 2. The van der Waals surface area contributed by atoms with Crippen molar-refractivity contribution in [3.05, 3.63) is 92.5 Å². The van der Waals surface area contributed by atoms with Crippen molar-refractivity contribution in [2.45, 2.75) is 32.1 Å². The molecule has 4 aromatic carbocycles. The average Bonchev–Trinajstić information content (AvgIpc) is 2.97. The largest absolute Gasteiger partial charge is 0.502 e. The predicted molar refractivity (Wildman–Crippen MR) is 161 cm³/mol. The molecular weight excluding hydrogens is 564 g/mol. The molecule has 0 aliphatic heterocycles. The zero-order valence-corrected chi connectivity index (χ0v) is 23.5. The second-order valence-electron chi connectivity index (χ2n) is 12.0. The van der Waals surface area contributed by atoms with E-state index in [1.54, 1.807) is 12.1 Å². The first-order chi connectivity index (χ1) is 21.2. The third-order valence-electron chi connectivity index (χ3n) is 9.31. The van der Waals surface area contributed by atoms with Crippen LogP contribution >= 0.6 is 0 Å². The smallest absolute Gasteiger partial charge is 0.310 e. The summed E-state index contributed by atoms with van der Waals surface area (Å²) in [5.41, 5.74) is -0.229. The van der Waals surface area contributed by atoms with E-state index in [4.69, 9.17) is 9.47 Å². The van der Waals surface area contributed by atoms with Gasteiger partial charge in [-0.25, -0.2) is 0 Å². The summed E-state index contributed by atoms with van der Waals surface area (Å²) in [4.78, 5) is 21.0. The number of fused-ring (bicyclic) bond motifs is 1. The number of rotatable bonds is 6. The lowest BCUT2D eigenvalue weighted by molar-refractivity contribution is -0.386. The van der Waals surface area contributed by atoms with Gasteiger partial charge in [0.15, 0.2) is 17.2 Å². The van der Waals surface area contributed by atoms with Crippen LogP contribution in [0.1, 0.15) is 37.7 Å². The normalized spacial score (nSPS) is 23.1. The molecule has 0 spiro atoms. The van der Waals surface area contributed by atoms with Gasteiger partial charge >= 0.3 is 11.4 Å². The topological polar surface area (TPSA) is 145 Å². The molecule has 4 aromatic rings. The maximum Gasteiger partial charge on any atom is 0.310 e. The number of phenolic OH excluding ortho intramolecular Hbond substituents is 2. The SMILES string of the molecule is O=[N+]([O-])c1ccc(Oc2cccc3c(Oc4ccc([N+](=O)[O-])c(O)c4)c(C#CC4C5CC6CC(C5)CC4C6)ccc23)cc1O. The van der Waals surface area contributed by atoms with Gasteiger partial charge in [-0.2, -0.15) is 0 Å². The molecular formula is C34H28N2O8. The quantitative estimate of drug-likeness (QED) is 0.130. The Bertz CT molecular complexity index is 1860. The van der Waals surface area contributed by atoms with E-state index in [0.717, 1.165) is 11.8 Å². The molecule has 222 valence electrons. The molecule has 8 rings (SSSR count). The van der Waals surface area contributed by atoms with E-state index in [2.05, 4.69) is 11.8 Å². The van der Waals surface area contributed by atoms with Crippen LogP contribution in [0.2, 0.25) is 0 Å². The first-order valence-corrected chi connectivity index (χ1v) is 14.6. The number of hydrogen-bond donors (Lipinski definition) is 2. The van der Waals surface area contributed by atoms with Gasteiger partial charge in [0.2, 0.25) is 0 Å². The van der Waals surface area contributed by atoms with E-state index in [-0.39, 0.29) is 11.5 Å². The highest BCUT2D eigenvalue weighted by Crippen LogP contribution is 2.56. The molecule has 2 N–H and O–H groups in total. The highest BCUT2D eigenvalue weighted by Gasteiger charge is 2.47. The summed E-state index contributed by atoms with van der Waals surface area (Å²) in [5.74, 6) is 10.4. The number of aromatic hydroxyl groups is 2. The maximum absolute atomic E-state index is 11.2. The fourth-order valence-corrected chi connectivity index (χ4v) is 7.61. The van der Waals surface area contributed by atoms with Crippen molar-refractivity contribution in [2.24, 2.45) is 29.6 Å². The molecule has 0 atom stereocenters. The summed E-state index contributed by atoms with van der Waals surface area (Å²) in [6, 6.07) is 16.6. The van der Waals surface area contributed by atoms with Gasteiger partial charge in [-0.3, -0.25) is 20.2 Å². The highest BCUT2D eigenvalue weighted by atomic mass is 16.6. The number of ether oxygens (including phenoxy) is 2. The number of nitro groups is 2. The molecule has 0 saturated heterocycles. The summed E-state index contributed by atoms with van der Waals surface area (Å²) < 4.78 is 12.4. The van der Waals surface area contributed by atoms with Crippen LogP contribution < -0.4 is 9.47 Å². The Labute approximate surface area is 252 Å². The Balaban J connectivity index is 1.29. The van der Waals surface area contributed by atoms with E-state index in [9.17, 15) is 30.4 Å². The van der Waals surface area contributed by atoms with Crippen molar-refractivity contribution in [3.8, 4) is 46.3 Å². The molecule has 0 radical (unpaired) electrons. The maximum atomic E-state index is 11.2. The van der Waals surface area contributed by atoms with E-state index in [1.807, 2.05) is 18.2 Å². The number of benzene rings is 4. The molecule has 0 unspecified atom stereocenters. The molecule has 0 heterocycles. The van der Waals surface area contributed by atoms with E-state index < -0.39 is 32.7 Å². The molecule has 0 aromatic heterocycles. The molecule has 4 bridgehead atoms. The van der Waals surface area contributed by atoms with Gasteiger partial charge in [0.05, 0.1) is 15.4 Å². The van der Waals surface area contributed by atoms with Crippen molar-refractivity contribution in [1.29, 1.82) is 0 Å². The van der Waals surface area contributed by atoms with Crippen LogP contribution in [0.4, 0.5) is 11.4 Å². The molecule has 4 aliphatic rings. The number of hydrogen-bond acceptors (Lipinski definition) is 8. The molecule has 44 heavy (non-hydrogen) atoms. The van der Waals surface area contributed by atoms with Crippen LogP contribution in [0.25, 0.3) is 10.8 Å². The second-order valence-corrected chi connectivity index (χ2v) is 12.0. The Kier molecular flexibility index (Phi) is 6.73.